The topological polar surface area (TPSA) is 61.7 Å². The van der Waals surface area contributed by atoms with Crippen LogP contribution in [-0.4, -0.2) is 33.7 Å². The molecule has 2 atom stereocenters. The molecule has 1 aromatic carbocycles. The SMILES string of the molecule is Cc1cc(CC(O)C(O)NC(C)(C)C)c2c(c1)OC(C)(C)C1=C2CCCC1. The van der Waals surface area contributed by atoms with Crippen molar-refractivity contribution in [2.75, 3.05) is 0 Å². The number of allylic oxidation sites excluding steroid dienone is 1. The van der Waals surface area contributed by atoms with Crippen LogP contribution >= 0.6 is 0 Å². The van der Waals surface area contributed by atoms with Crippen molar-refractivity contribution in [3.8, 4) is 5.75 Å². The summed E-state index contributed by atoms with van der Waals surface area (Å²) in [5.74, 6) is 0.918. The maximum atomic E-state index is 10.7. The first kappa shape index (κ1) is 20.4. The molecular formula is C23H35NO3. The second-order valence-corrected chi connectivity index (χ2v) is 9.68. The van der Waals surface area contributed by atoms with Gasteiger partial charge in [-0.3, -0.25) is 5.32 Å². The van der Waals surface area contributed by atoms with E-state index < -0.39 is 12.3 Å². The van der Waals surface area contributed by atoms with E-state index in [4.69, 9.17) is 4.74 Å². The largest absolute Gasteiger partial charge is 0.483 e. The Morgan fingerprint density at radius 1 is 1.15 bits per heavy atom. The van der Waals surface area contributed by atoms with Gasteiger partial charge in [0.1, 0.15) is 17.6 Å². The first-order valence-electron chi connectivity index (χ1n) is 10.2. The van der Waals surface area contributed by atoms with Crippen LogP contribution in [0.3, 0.4) is 0 Å². The predicted molar refractivity (Wildman–Crippen MR) is 110 cm³/mol. The number of hydrogen-bond acceptors (Lipinski definition) is 4. The van der Waals surface area contributed by atoms with E-state index in [9.17, 15) is 10.2 Å². The van der Waals surface area contributed by atoms with Gasteiger partial charge in [0.25, 0.3) is 0 Å². The molecule has 0 spiro atoms. The average Bonchev–Trinajstić information content (AvgIpc) is 2.52. The lowest BCUT2D eigenvalue weighted by atomic mass is 9.76. The lowest BCUT2D eigenvalue weighted by Gasteiger charge is -2.40. The first-order valence-corrected chi connectivity index (χ1v) is 10.2. The fourth-order valence-corrected chi connectivity index (χ4v) is 4.47. The van der Waals surface area contributed by atoms with E-state index in [1.54, 1.807) is 0 Å². The van der Waals surface area contributed by atoms with Gasteiger partial charge in [-0.25, -0.2) is 0 Å². The normalized spacial score (nSPS) is 21.2. The Balaban J connectivity index is 1.98. The Morgan fingerprint density at radius 3 is 2.48 bits per heavy atom. The van der Waals surface area contributed by atoms with Crippen LogP contribution in [0.1, 0.15) is 77.0 Å². The number of rotatable bonds is 4. The van der Waals surface area contributed by atoms with Crippen molar-refractivity contribution in [1.82, 2.24) is 5.32 Å². The standard InChI is InChI=1S/C23H35NO3/c1-14-11-15(13-18(25)21(26)24-22(2,3)4)20-16-9-7-8-10-17(16)23(5,6)27-19(20)12-14/h11-12,18,21,24-26H,7-10,13H2,1-6H3. The van der Waals surface area contributed by atoms with E-state index in [-0.39, 0.29) is 11.1 Å². The van der Waals surface area contributed by atoms with Crippen LogP contribution in [0.15, 0.2) is 17.7 Å². The van der Waals surface area contributed by atoms with Gasteiger partial charge in [0.05, 0.1) is 6.10 Å². The Morgan fingerprint density at radius 2 is 1.81 bits per heavy atom. The molecule has 4 nitrogen and oxygen atoms in total. The van der Waals surface area contributed by atoms with Crippen molar-refractivity contribution in [3.05, 3.63) is 34.4 Å². The Labute approximate surface area is 163 Å². The van der Waals surface area contributed by atoms with E-state index in [2.05, 4.69) is 38.2 Å². The lowest BCUT2D eigenvalue weighted by molar-refractivity contribution is -0.0156. The summed E-state index contributed by atoms with van der Waals surface area (Å²) in [6.07, 6.45) is 3.09. The summed E-state index contributed by atoms with van der Waals surface area (Å²) in [4.78, 5) is 0. The van der Waals surface area contributed by atoms with Gasteiger partial charge in [0.15, 0.2) is 0 Å². The van der Waals surface area contributed by atoms with Crippen LogP contribution in [0.2, 0.25) is 0 Å². The third-order valence-electron chi connectivity index (χ3n) is 5.56. The molecule has 1 aliphatic carbocycles. The molecule has 1 aromatic rings. The van der Waals surface area contributed by atoms with E-state index in [0.29, 0.717) is 6.42 Å². The number of aryl methyl sites for hydroxylation is 1. The van der Waals surface area contributed by atoms with Gasteiger partial charge >= 0.3 is 0 Å². The predicted octanol–water partition coefficient (Wildman–Crippen LogP) is 4.10. The van der Waals surface area contributed by atoms with Crippen molar-refractivity contribution in [2.45, 2.75) is 97.1 Å². The highest BCUT2D eigenvalue weighted by Gasteiger charge is 2.37. The summed E-state index contributed by atoms with van der Waals surface area (Å²) in [6.45, 7) is 12.3. The zero-order valence-corrected chi connectivity index (χ0v) is 17.6. The first-order chi connectivity index (χ1) is 12.5. The molecule has 0 fully saturated rings. The Hall–Kier alpha value is -1.36. The van der Waals surface area contributed by atoms with Crippen molar-refractivity contribution in [2.24, 2.45) is 0 Å². The van der Waals surface area contributed by atoms with Gasteiger partial charge in [0.2, 0.25) is 0 Å². The monoisotopic (exact) mass is 373 g/mol. The number of fused-ring (bicyclic) bond motifs is 2. The molecule has 3 rings (SSSR count). The van der Waals surface area contributed by atoms with E-state index in [1.807, 2.05) is 20.8 Å². The molecule has 2 unspecified atom stereocenters. The number of hydrogen-bond donors (Lipinski definition) is 3. The molecule has 3 N–H and O–H groups in total. The third kappa shape index (κ3) is 4.39. The Kier molecular flexibility index (Phi) is 5.46. The van der Waals surface area contributed by atoms with Gasteiger partial charge in [-0.2, -0.15) is 0 Å². The van der Waals surface area contributed by atoms with E-state index >= 15 is 0 Å². The van der Waals surface area contributed by atoms with Crippen molar-refractivity contribution >= 4 is 5.57 Å². The minimum absolute atomic E-state index is 0.265. The van der Waals surface area contributed by atoms with Gasteiger partial charge in [0, 0.05) is 17.5 Å². The molecular weight excluding hydrogens is 338 g/mol. The summed E-state index contributed by atoms with van der Waals surface area (Å²) >= 11 is 0. The summed E-state index contributed by atoms with van der Waals surface area (Å²) in [6, 6.07) is 4.24. The highest BCUT2D eigenvalue weighted by molar-refractivity contribution is 5.79. The van der Waals surface area contributed by atoms with Crippen LogP contribution in [0.4, 0.5) is 0 Å². The number of benzene rings is 1. The molecule has 4 heteroatoms. The van der Waals surface area contributed by atoms with Crippen molar-refractivity contribution in [3.63, 3.8) is 0 Å². The summed E-state index contributed by atoms with van der Waals surface area (Å²) < 4.78 is 6.42. The minimum Gasteiger partial charge on any atom is -0.483 e. The zero-order valence-electron chi connectivity index (χ0n) is 17.6. The van der Waals surface area contributed by atoms with Crippen LogP contribution < -0.4 is 10.1 Å². The smallest absolute Gasteiger partial charge is 0.131 e. The van der Waals surface area contributed by atoms with E-state index in [1.165, 1.54) is 24.0 Å². The molecule has 27 heavy (non-hydrogen) atoms. The van der Waals surface area contributed by atoms with Gasteiger partial charge in [-0.1, -0.05) is 6.07 Å². The number of ether oxygens (including phenoxy) is 1. The molecule has 1 heterocycles. The molecule has 0 saturated heterocycles. The van der Waals surface area contributed by atoms with Gasteiger partial charge < -0.3 is 14.9 Å². The van der Waals surface area contributed by atoms with Gasteiger partial charge in [-0.05, 0) is 95.6 Å². The van der Waals surface area contributed by atoms with Crippen LogP contribution in [0, 0.1) is 6.92 Å². The highest BCUT2D eigenvalue weighted by atomic mass is 16.5. The lowest BCUT2D eigenvalue weighted by Crippen LogP contribution is -2.50. The third-order valence-corrected chi connectivity index (χ3v) is 5.56. The quantitative estimate of drug-likeness (QED) is 0.695. The second kappa shape index (κ2) is 7.23. The zero-order chi connectivity index (χ0) is 20.0. The van der Waals surface area contributed by atoms with Crippen LogP contribution in [0.25, 0.3) is 5.57 Å². The van der Waals surface area contributed by atoms with Crippen molar-refractivity contribution in [1.29, 1.82) is 0 Å². The fraction of sp³-hybridized carbons (Fsp3) is 0.652. The highest BCUT2D eigenvalue weighted by Crippen LogP contribution is 2.48. The second-order valence-electron chi connectivity index (χ2n) is 9.68. The fourth-order valence-electron chi connectivity index (χ4n) is 4.47. The van der Waals surface area contributed by atoms with E-state index in [0.717, 1.165) is 35.3 Å². The van der Waals surface area contributed by atoms with Gasteiger partial charge in [-0.15, -0.1) is 0 Å². The number of nitrogens with one attached hydrogen (secondary N) is 1. The summed E-state index contributed by atoms with van der Waals surface area (Å²) in [7, 11) is 0. The molecule has 0 bridgehead atoms. The molecule has 0 radical (unpaired) electrons. The molecule has 2 aliphatic rings. The summed E-state index contributed by atoms with van der Waals surface area (Å²) in [5.41, 5.74) is 5.58. The Bertz CT molecular complexity index is 743. The maximum absolute atomic E-state index is 10.7. The summed E-state index contributed by atoms with van der Waals surface area (Å²) in [5, 5.41) is 24.1. The molecule has 0 amide bonds. The van der Waals surface area contributed by atoms with Crippen molar-refractivity contribution < 1.29 is 14.9 Å². The molecule has 150 valence electrons. The maximum Gasteiger partial charge on any atom is 0.131 e. The molecule has 0 saturated carbocycles. The average molecular weight is 374 g/mol. The number of aliphatic hydroxyl groups is 2. The molecule has 0 aromatic heterocycles. The number of aliphatic hydroxyl groups excluding tert-OH is 2. The van der Waals surface area contributed by atoms with Crippen LogP contribution in [0.5, 0.6) is 5.75 Å². The minimum atomic E-state index is -0.970. The van der Waals surface area contributed by atoms with Crippen LogP contribution in [-0.2, 0) is 6.42 Å². The molecule has 1 aliphatic heterocycles.